The highest BCUT2D eigenvalue weighted by molar-refractivity contribution is 5.94. The third-order valence-electron chi connectivity index (χ3n) is 4.92. The molecule has 1 rings (SSSR count). The predicted octanol–water partition coefficient (Wildman–Crippen LogP) is 4.76. The second kappa shape index (κ2) is 13.7. The summed E-state index contributed by atoms with van der Waals surface area (Å²) in [4.78, 5) is 23.4. The number of unbranched alkanes of at least 4 members (excludes halogenated alkanes) is 5. The molecule has 0 saturated carbocycles. The number of rotatable bonds is 14. The Bertz CT molecular complexity index is 467. The molecular formula is C22H36O4. The van der Waals surface area contributed by atoms with Gasteiger partial charge in [0, 0.05) is 18.3 Å². The van der Waals surface area contributed by atoms with Crippen molar-refractivity contribution in [1.29, 1.82) is 0 Å². The van der Waals surface area contributed by atoms with Crippen molar-refractivity contribution < 1.29 is 19.4 Å². The van der Waals surface area contributed by atoms with Gasteiger partial charge in [0.2, 0.25) is 0 Å². The minimum atomic E-state index is -0.408. The van der Waals surface area contributed by atoms with Crippen LogP contribution < -0.4 is 0 Å². The van der Waals surface area contributed by atoms with Gasteiger partial charge in [-0.2, -0.15) is 0 Å². The summed E-state index contributed by atoms with van der Waals surface area (Å²) in [6.45, 7) is 4.41. The molecule has 0 heterocycles. The quantitative estimate of drug-likeness (QED) is 0.274. The van der Waals surface area contributed by atoms with Gasteiger partial charge in [0.05, 0.1) is 12.7 Å². The van der Waals surface area contributed by atoms with Crippen LogP contribution in [0.5, 0.6) is 0 Å². The van der Waals surface area contributed by atoms with Crippen molar-refractivity contribution in [1.82, 2.24) is 0 Å². The minimum Gasteiger partial charge on any atom is -0.466 e. The highest BCUT2D eigenvalue weighted by Crippen LogP contribution is 2.29. The number of esters is 1. The van der Waals surface area contributed by atoms with Gasteiger partial charge in [-0.1, -0.05) is 63.7 Å². The number of carbonyl (C=O) groups excluding carboxylic acids is 2. The molecule has 0 spiro atoms. The first-order valence-corrected chi connectivity index (χ1v) is 10.3. The molecule has 0 radical (unpaired) electrons. The monoisotopic (exact) mass is 364 g/mol. The number of ketones is 1. The van der Waals surface area contributed by atoms with E-state index >= 15 is 0 Å². The fourth-order valence-corrected chi connectivity index (χ4v) is 3.36. The van der Waals surface area contributed by atoms with Crippen molar-refractivity contribution in [3.8, 4) is 0 Å². The topological polar surface area (TPSA) is 63.6 Å². The van der Waals surface area contributed by atoms with Crippen LogP contribution in [0, 0.1) is 11.8 Å². The third kappa shape index (κ3) is 9.33. The fraction of sp³-hybridized carbons (Fsp3) is 0.727. The van der Waals surface area contributed by atoms with Crippen LogP contribution in [-0.4, -0.2) is 29.6 Å². The fourth-order valence-electron chi connectivity index (χ4n) is 3.36. The summed E-state index contributed by atoms with van der Waals surface area (Å²) >= 11 is 0. The first-order valence-electron chi connectivity index (χ1n) is 10.3. The zero-order valence-corrected chi connectivity index (χ0v) is 16.5. The van der Waals surface area contributed by atoms with Gasteiger partial charge in [-0.15, -0.1) is 0 Å². The Labute approximate surface area is 158 Å². The highest BCUT2D eigenvalue weighted by Gasteiger charge is 2.27. The Balaban J connectivity index is 2.25. The lowest BCUT2D eigenvalue weighted by Crippen LogP contribution is -2.15. The van der Waals surface area contributed by atoms with Crippen LogP contribution in [0.4, 0.5) is 0 Å². The van der Waals surface area contributed by atoms with Crippen LogP contribution in [0.3, 0.4) is 0 Å². The molecule has 3 unspecified atom stereocenters. The number of aliphatic hydroxyl groups is 1. The van der Waals surface area contributed by atoms with E-state index in [4.69, 9.17) is 4.74 Å². The molecule has 0 amide bonds. The maximum absolute atomic E-state index is 12.1. The molecule has 0 aromatic rings. The SMILES string of the molecule is CCCCCC(O)/C=C/C1C=CC(=O)C1CCCCCCC(=O)OCC. The van der Waals surface area contributed by atoms with Crippen LogP contribution in [0.15, 0.2) is 24.3 Å². The summed E-state index contributed by atoms with van der Waals surface area (Å²) in [5, 5.41) is 10.0. The molecule has 0 aromatic carbocycles. The van der Waals surface area contributed by atoms with Crippen molar-refractivity contribution >= 4 is 11.8 Å². The molecule has 4 nitrogen and oxygen atoms in total. The summed E-state index contributed by atoms with van der Waals surface area (Å²) in [5.74, 6) is 0.207. The molecule has 0 aromatic heterocycles. The van der Waals surface area contributed by atoms with Crippen LogP contribution in [-0.2, 0) is 14.3 Å². The van der Waals surface area contributed by atoms with Crippen molar-refractivity contribution in [3.05, 3.63) is 24.3 Å². The normalized spacial score (nSPS) is 20.8. The maximum Gasteiger partial charge on any atom is 0.305 e. The van der Waals surface area contributed by atoms with E-state index in [2.05, 4.69) is 6.92 Å². The molecule has 0 saturated heterocycles. The summed E-state index contributed by atoms with van der Waals surface area (Å²) in [7, 11) is 0. The number of carbonyl (C=O) groups is 2. The first-order chi connectivity index (χ1) is 12.6. The van der Waals surface area contributed by atoms with E-state index < -0.39 is 6.10 Å². The van der Waals surface area contributed by atoms with Crippen LogP contribution in [0.1, 0.15) is 78.1 Å². The Morgan fingerprint density at radius 3 is 2.69 bits per heavy atom. The molecule has 26 heavy (non-hydrogen) atoms. The zero-order valence-electron chi connectivity index (χ0n) is 16.5. The van der Waals surface area contributed by atoms with E-state index in [0.29, 0.717) is 13.0 Å². The first kappa shape index (κ1) is 22.6. The second-order valence-corrected chi connectivity index (χ2v) is 7.15. The zero-order chi connectivity index (χ0) is 19.2. The van der Waals surface area contributed by atoms with Crippen LogP contribution >= 0.6 is 0 Å². The van der Waals surface area contributed by atoms with Crippen molar-refractivity contribution in [2.75, 3.05) is 6.61 Å². The number of hydrogen-bond donors (Lipinski definition) is 1. The lowest BCUT2D eigenvalue weighted by molar-refractivity contribution is -0.143. The van der Waals surface area contributed by atoms with Gasteiger partial charge in [0.1, 0.15) is 0 Å². The van der Waals surface area contributed by atoms with Crippen molar-refractivity contribution in [2.45, 2.75) is 84.2 Å². The van der Waals surface area contributed by atoms with Crippen molar-refractivity contribution in [3.63, 3.8) is 0 Å². The Morgan fingerprint density at radius 1 is 1.19 bits per heavy atom. The molecule has 1 N–H and O–H groups in total. The van der Waals surface area contributed by atoms with Gasteiger partial charge in [-0.25, -0.2) is 0 Å². The third-order valence-corrected chi connectivity index (χ3v) is 4.92. The summed E-state index contributed by atoms with van der Waals surface area (Å²) < 4.78 is 4.91. The van der Waals surface area contributed by atoms with Gasteiger partial charge < -0.3 is 9.84 Å². The molecule has 1 aliphatic carbocycles. The van der Waals surface area contributed by atoms with Gasteiger partial charge >= 0.3 is 5.97 Å². The number of allylic oxidation sites excluding steroid dienone is 3. The highest BCUT2D eigenvalue weighted by atomic mass is 16.5. The van der Waals surface area contributed by atoms with E-state index in [1.54, 1.807) is 6.08 Å². The summed E-state index contributed by atoms with van der Waals surface area (Å²) in [6, 6.07) is 0. The predicted molar refractivity (Wildman–Crippen MR) is 105 cm³/mol. The van der Waals surface area contributed by atoms with E-state index in [9.17, 15) is 14.7 Å². The Kier molecular flexibility index (Phi) is 12.0. The molecule has 3 atom stereocenters. The Morgan fingerprint density at radius 2 is 1.96 bits per heavy atom. The van der Waals surface area contributed by atoms with Gasteiger partial charge in [-0.3, -0.25) is 9.59 Å². The average Bonchev–Trinajstić information content (AvgIpc) is 2.96. The lowest BCUT2D eigenvalue weighted by atomic mass is 9.88. The standard InChI is InChI=1S/C22H36O4/c1-3-5-8-11-19(23)16-14-18-15-17-21(24)20(18)12-9-6-7-10-13-22(25)26-4-2/h14-20,23H,3-13H2,1-2H3/b16-14+. The van der Waals surface area contributed by atoms with E-state index in [1.165, 1.54) is 0 Å². The molecule has 148 valence electrons. The average molecular weight is 365 g/mol. The molecular weight excluding hydrogens is 328 g/mol. The lowest BCUT2D eigenvalue weighted by Gasteiger charge is -2.15. The smallest absolute Gasteiger partial charge is 0.305 e. The van der Waals surface area contributed by atoms with Gasteiger partial charge in [0.15, 0.2) is 5.78 Å². The number of aliphatic hydroxyl groups excluding tert-OH is 1. The summed E-state index contributed by atoms with van der Waals surface area (Å²) in [6.07, 6.45) is 16.4. The molecule has 0 bridgehead atoms. The number of hydrogen-bond acceptors (Lipinski definition) is 4. The molecule has 4 heteroatoms. The van der Waals surface area contributed by atoms with Gasteiger partial charge in [0.25, 0.3) is 0 Å². The summed E-state index contributed by atoms with van der Waals surface area (Å²) in [5.41, 5.74) is 0. The van der Waals surface area contributed by atoms with E-state index in [-0.39, 0.29) is 23.6 Å². The molecule has 1 aliphatic rings. The minimum absolute atomic E-state index is 0.0131. The largest absolute Gasteiger partial charge is 0.466 e. The van der Waals surface area contributed by atoms with Crippen LogP contribution in [0.2, 0.25) is 0 Å². The van der Waals surface area contributed by atoms with Crippen LogP contribution in [0.25, 0.3) is 0 Å². The number of ether oxygens (including phenoxy) is 1. The molecule has 0 aliphatic heterocycles. The van der Waals surface area contributed by atoms with Crippen molar-refractivity contribution in [2.24, 2.45) is 11.8 Å². The maximum atomic E-state index is 12.1. The van der Waals surface area contributed by atoms with E-state index in [1.807, 2.05) is 25.2 Å². The van der Waals surface area contributed by atoms with E-state index in [0.717, 1.165) is 57.8 Å². The Hall–Kier alpha value is -1.42. The molecule has 0 fully saturated rings. The van der Waals surface area contributed by atoms with Gasteiger partial charge in [-0.05, 0) is 32.3 Å². The second-order valence-electron chi connectivity index (χ2n) is 7.15.